The topological polar surface area (TPSA) is 58.6 Å². The molecule has 0 aromatic heterocycles. The van der Waals surface area contributed by atoms with Crippen molar-refractivity contribution < 1.29 is 14.3 Å². The molecule has 6 heteroatoms. The lowest BCUT2D eigenvalue weighted by Gasteiger charge is -2.42. The Morgan fingerprint density at radius 3 is 2.65 bits per heavy atom. The summed E-state index contributed by atoms with van der Waals surface area (Å²) in [7, 11) is 0. The van der Waals surface area contributed by atoms with E-state index < -0.39 is 5.54 Å². The number of nitrogens with one attached hydrogen (secondary N) is 1. The van der Waals surface area contributed by atoms with Crippen LogP contribution in [0, 0.1) is 11.8 Å². The highest BCUT2D eigenvalue weighted by atomic mass is 35.5. The normalized spacial score (nSPS) is 21.9. The van der Waals surface area contributed by atoms with Crippen LogP contribution >= 0.6 is 11.6 Å². The molecule has 1 aromatic rings. The quantitative estimate of drug-likeness (QED) is 0.513. The van der Waals surface area contributed by atoms with Gasteiger partial charge in [0.05, 0.1) is 18.6 Å². The summed E-state index contributed by atoms with van der Waals surface area (Å²) in [5.74, 6) is 0.632. The van der Waals surface area contributed by atoms with E-state index in [-0.39, 0.29) is 30.9 Å². The summed E-state index contributed by atoms with van der Waals surface area (Å²) in [6.07, 6.45) is 8.29. The molecule has 0 saturated heterocycles. The van der Waals surface area contributed by atoms with Crippen LogP contribution < -0.4 is 5.32 Å². The third-order valence-corrected chi connectivity index (χ3v) is 6.94. The van der Waals surface area contributed by atoms with E-state index in [0.717, 1.165) is 28.5 Å². The predicted molar refractivity (Wildman–Crippen MR) is 124 cm³/mol. The van der Waals surface area contributed by atoms with Crippen molar-refractivity contribution in [2.45, 2.75) is 71.8 Å². The number of hydrogen-bond acceptors (Lipinski definition) is 3. The number of benzene rings is 1. The number of rotatable bonds is 8. The minimum Gasteiger partial charge on any atom is -0.466 e. The largest absolute Gasteiger partial charge is 0.466 e. The monoisotopic (exact) mass is 446 g/mol. The number of ether oxygens (including phenoxy) is 1. The molecule has 0 spiro atoms. The molecule has 1 atom stereocenters. The summed E-state index contributed by atoms with van der Waals surface area (Å²) in [6, 6.07) is 6.01. The lowest BCUT2D eigenvalue weighted by Crippen LogP contribution is -2.55. The maximum absolute atomic E-state index is 12.9. The van der Waals surface area contributed by atoms with Gasteiger partial charge in [0.15, 0.2) is 0 Å². The standard InChI is InChI=1S/C25H35ClN2O3/c1-5-31-23(29)12-13-28-16-21(17(2)3)25(4,27-24(28)30)20-11-10-19(22(26)15-20)14-18-8-6-7-9-18/h10-11,15-18H,5-9,12-14H2,1-4H3,(H,27,30)/t25-/m0/s1. The molecule has 0 unspecified atom stereocenters. The smallest absolute Gasteiger partial charge is 0.322 e. The van der Waals surface area contributed by atoms with Crippen molar-refractivity contribution >= 4 is 23.6 Å². The van der Waals surface area contributed by atoms with Gasteiger partial charge >= 0.3 is 12.0 Å². The van der Waals surface area contributed by atoms with Gasteiger partial charge in [-0.2, -0.15) is 0 Å². The zero-order valence-corrected chi connectivity index (χ0v) is 19.9. The second kappa shape index (κ2) is 10.1. The molecule has 31 heavy (non-hydrogen) atoms. The van der Waals surface area contributed by atoms with Gasteiger partial charge in [0.1, 0.15) is 0 Å². The Morgan fingerprint density at radius 1 is 1.32 bits per heavy atom. The van der Waals surface area contributed by atoms with Crippen molar-refractivity contribution in [3.63, 3.8) is 0 Å². The van der Waals surface area contributed by atoms with Crippen LogP contribution in [0.1, 0.15) is 70.9 Å². The van der Waals surface area contributed by atoms with Crippen LogP contribution in [-0.2, 0) is 21.5 Å². The first kappa shape index (κ1) is 23.6. The Morgan fingerprint density at radius 2 is 2.03 bits per heavy atom. The second-order valence-electron chi connectivity index (χ2n) is 9.20. The summed E-state index contributed by atoms with van der Waals surface area (Å²) in [5.41, 5.74) is 2.59. The Balaban J connectivity index is 1.83. The van der Waals surface area contributed by atoms with Crippen LogP contribution in [0.4, 0.5) is 4.79 Å². The zero-order valence-electron chi connectivity index (χ0n) is 19.2. The number of urea groups is 1. The molecular weight excluding hydrogens is 412 g/mol. The molecule has 1 aromatic carbocycles. The summed E-state index contributed by atoms with van der Waals surface area (Å²) in [5, 5.41) is 3.95. The maximum atomic E-state index is 12.9. The van der Waals surface area contributed by atoms with Crippen LogP contribution in [0.3, 0.4) is 0 Å². The van der Waals surface area contributed by atoms with E-state index in [1.807, 2.05) is 19.2 Å². The van der Waals surface area contributed by atoms with Gasteiger partial charge in [-0.25, -0.2) is 4.79 Å². The van der Waals surface area contributed by atoms with E-state index in [9.17, 15) is 9.59 Å². The van der Waals surface area contributed by atoms with Crippen LogP contribution in [-0.4, -0.2) is 30.1 Å². The van der Waals surface area contributed by atoms with Crippen molar-refractivity contribution in [1.29, 1.82) is 0 Å². The average Bonchev–Trinajstić information content (AvgIpc) is 3.22. The highest BCUT2D eigenvalue weighted by Gasteiger charge is 2.40. The highest BCUT2D eigenvalue weighted by molar-refractivity contribution is 6.31. The van der Waals surface area contributed by atoms with Gasteiger partial charge in [0.2, 0.25) is 0 Å². The van der Waals surface area contributed by atoms with Crippen molar-refractivity contribution in [3.05, 3.63) is 46.1 Å². The van der Waals surface area contributed by atoms with Crippen molar-refractivity contribution in [3.8, 4) is 0 Å². The van der Waals surface area contributed by atoms with Gasteiger partial charge < -0.3 is 15.0 Å². The molecule has 2 amide bonds. The average molecular weight is 447 g/mol. The van der Waals surface area contributed by atoms with Gasteiger partial charge in [0, 0.05) is 17.8 Å². The van der Waals surface area contributed by atoms with E-state index in [2.05, 4.69) is 31.3 Å². The minimum absolute atomic E-state index is 0.168. The Labute approximate surface area is 191 Å². The van der Waals surface area contributed by atoms with Gasteiger partial charge in [-0.05, 0) is 54.9 Å². The molecule has 0 bridgehead atoms. The molecule has 5 nitrogen and oxygen atoms in total. The lowest BCUT2D eigenvalue weighted by molar-refractivity contribution is -0.143. The fraction of sp³-hybridized carbons (Fsp3) is 0.600. The second-order valence-corrected chi connectivity index (χ2v) is 9.61. The lowest BCUT2D eigenvalue weighted by atomic mass is 9.78. The third-order valence-electron chi connectivity index (χ3n) is 6.59. The van der Waals surface area contributed by atoms with Crippen molar-refractivity contribution in [2.75, 3.05) is 13.2 Å². The molecule has 170 valence electrons. The Kier molecular flexibility index (Phi) is 7.68. The predicted octanol–water partition coefficient (Wildman–Crippen LogP) is 5.81. The van der Waals surface area contributed by atoms with E-state index in [0.29, 0.717) is 6.61 Å². The summed E-state index contributed by atoms with van der Waals surface area (Å²) in [6.45, 7) is 8.66. The number of carbonyl (C=O) groups is 2. The molecule has 1 heterocycles. The third kappa shape index (κ3) is 5.43. The van der Waals surface area contributed by atoms with Crippen LogP contribution in [0.2, 0.25) is 5.02 Å². The first-order valence-corrected chi connectivity index (χ1v) is 11.9. The molecule has 3 rings (SSSR count). The molecule has 1 N–H and O–H groups in total. The highest BCUT2D eigenvalue weighted by Crippen LogP contribution is 2.39. The maximum Gasteiger partial charge on any atom is 0.322 e. The first-order valence-electron chi connectivity index (χ1n) is 11.5. The van der Waals surface area contributed by atoms with E-state index in [1.165, 1.54) is 31.2 Å². The molecule has 1 aliphatic heterocycles. The number of esters is 1. The zero-order chi connectivity index (χ0) is 22.6. The SMILES string of the molecule is CCOC(=O)CCN1C=C(C(C)C)[C@](C)(c2ccc(CC3CCCC3)c(Cl)c2)NC1=O. The Bertz CT molecular complexity index is 845. The molecule has 1 saturated carbocycles. The molecule has 2 aliphatic rings. The molecule has 1 fully saturated rings. The van der Waals surface area contributed by atoms with E-state index in [1.54, 1.807) is 11.8 Å². The minimum atomic E-state index is -0.652. The fourth-order valence-electron chi connectivity index (χ4n) is 4.84. The van der Waals surface area contributed by atoms with Crippen molar-refractivity contribution in [2.24, 2.45) is 11.8 Å². The first-order chi connectivity index (χ1) is 14.7. The number of amides is 2. The summed E-state index contributed by atoms with van der Waals surface area (Å²) < 4.78 is 4.99. The van der Waals surface area contributed by atoms with Crippen LogP contribution in [0.5, 0.6) is 0 Å². The Hall–Kier alpha value is -2.01. The number of nitrogens with zero attached hydrogens (tertiary/aromatic N) is 1. The fourth-order valence-corrected chi connectivity index (χ4v) is 5.10. The molecule has 1 aliphatic carbocycles. The number of hydrogen-bond donors (Lipinski definition) is 1. The summed E-state index contributed by atoms with van der Waals surface area (Å²) >= 11 is 6.70. The van der Waals surface area contributed by atoms with Crippen molar-refractivity contribution in [1.82, 2.24) is 10.2 Å². The van der Waals surface area contributed by atoms with Gasteiger partial charge in [-0.15, -0.1) is 0 Å². The van der Waals surface area contributed by atoms with E-state index >= 15 is 0 Å². The number of halogens is 1. The molecule has 0 radical (unpaired) electrons. The van der Waals surface area contributed by atoms with Gasteiger partial charge in [0.25, 0.3) is 0 Å². The van der Waals surface area contributed by atoms with Gasteiger partial charge in [-0.1, -0.05) is 63.3 Å². The van der Waals surface area contributed by atoms with Gasteiger partial charge in [-0.3, -0.25) is 4.79 Å². The number of carbonyl (C=O) groups excluding carboxylic acids is 2. The van der Waals surface area contributed by atoms with Crippen LogP contribution in [0.15, 0.2) is 30.0 Å². The summed E-state index contributed by atoms with van der Waals surface area (Å²) in [4.78, 5) is 26.2. The van der Waals surface area contributed by atoms with Crippen LogP contribution in [0.25, 0.3) is 0 Å². The van der Waals surface area contributed by atoms with E-state index in [4.69, 9.17) is 16.3 Å². The molecular formula is C25H35ClN2O3.